The van der Waals surface area contributed by atoms with Crippen molar-refractivity contribution in [1.82, 2.24) is 0 Å². The van der Waals surface area contributed by atoms with Crippen molar-refractivity contribution in [2.75, 3.05) is 14.2 Å². The first-order valence-electron chi connectivity index (χ1n) is 7.16. The molecule has 0 bridgehead atoms. The van der Waals surface area contributed by atoms with Gasteiger partial charge < -0.3 is 4.74 Å². The van der Waals surface area contributed by atoms with E-state index in [4.69, 9.17) is 0 Å². The Balaban J connectivity index is 0.000000988. The lowest BCUT2D eigenvalue weighted by molar-refractivity contribution is 0.277. The zero-order chi connectivity index (χ0) is 15.6. The van der Waals surface area contributed by atoms with Crippen LogP contribution in [0.3, 0.4) is 0 Å². The van der Waals surface area contributed by atoms with Crippen LogP contribution in [0, 0.1) is 0 Å². The second-order valence-corrected chi connectivity index (χ2v) is 6.68. The summed E-state index contributed by atoms with van der Waals surface area (Å²) < 4.78 is 4.25. The molecule has 3 rings (SSSR count). The number of ether oxygens (including phenoxy) is 1. The first-order chi connectivity index (χ1) is 10.9. The minimum Gasteiger partial charge on any atom is -0.388 e. The van der Waals surface area contributed by atoms with Gasteiger partial charge in [-0.05, 0) is 36.4 Å². The Morgan fingerprint density at radius 2 is 0.708 bits per heavy atom. The molecule has 2 heteroatoms. The van der Waals surface area contributed by atoms with E-state index in [1.807, 2.05) is 0 Å². The van der Waals surface area contributed by atoms with E-state index in [2.05, 4.69) is 95.7 Å². The second kappa shape index (κ2) is 12.4. The van der Waals surface area contributed by atoms with Crippen LogP contribution in [-0.2, 0) is 15.6 Å². The highest BCUT2D eigenvalue weighted by Crippen LogP contribution is 2.30. The fraction of sp³-hybridized carbons (Fsp3) is 0.182. The van der Waals surface area contributed by atoms with Crippen molar-refractivity contribution in [2.45, 2.75) is 29.5 Å². The van der Waals surface area contributed by atoms with Crippen molar-refractivity contribution in [3.63, 3.8) is 0 Å². The number of hydrogen-bond acceptors (Lipinski definition) is 1. The molecule has 128 valence electrons. The average Bonchev–Trinajstić information content (AvgIpc) is 2.59. The largest absolute Gasteiger partial charge is 0.388 e. The van der Waals surface area contributed by atoms with Gasteiger partial charge in [-0.2, -0.15) is 0 Å². The van der Waals surface area contributed by atoms with Crippen LogP contribution in [0.25, 0.3) is 0 Å². The van der Waals surface area contributed by atoms with Crippen LogP contribution < -0.4 is 0 Å². The topological polar surface area (TPSA) is 9.23 Å². The number of rotatable bonds is 3. The number of hydrogen-bond donors (Lipinski definition) is 0. The van der Waals surface area contributed by atoms with E-state index in [-0.39, 0.29) is 25.7 Å². The first kappa shape index (κ1) is 22.0. The monoisotopic (exact) mass is 341 g/mol. The van der Waals surface area contributed by atoms with E-state index in [1.54, 1.807) is 14.2 Å². The van der Waals surface area contributed by atoms with E-state index in [1.165, 1.54) is 14.7 Å². The Morgan fingerprint density at radius 1 is 0.500 bits per heavy atom. The van der Waals surface area contributed by atoms with Crippen LogP contribution in [0.1, 0.15) is 14.9 Å². The summed E-state index contributed by atoms with van der Waals surface area (Å²) in [5.74, 6) is 0. The summed E-state index contributed by atoms with van der Waals surface area (Å²) in [6, 6.07) is 32.2. The molecule has 3 aromatic carbocycles. The van der Waals surface area contributed by atoms with Crippen molar-refractivity contribution in [2.24, 2.45) is 0 Å². The van der Waals surface area contributed by atoms with Gasteiger partial charge in [0.15, 0.2) is 14.7 Å². The number of methoxy groups -OCH3 is 1. The van der Waals surface area contributed by atoms with Gasteiger partial charge in [-0.25, -0.2) is 0 Å². The number of benzene rings is 3. The lowest BCUT2D eigenvalue weighted by Crippen LogP contribution is -2.04. The van der Waals surface area contributed by atoms with Gasteiger partial charge in [0.1, 0.15) is 0 Å². The van der Waals surface area contributed by atoms with E-state index in [9.17, 15) is 0 Å². The van der Waals surface area contributed by atoms with E-state index in [0.717, 1.165) is 0 Å². The lowest BCUT2D eigenvalue weighted by atomic mass is 10.4. The Morgan fingerprint density at radius 3 is 0.917 bits per heavy atom. The molecule has 24 heavy (non-hydrogen) atoms. The summed E-state index contributed by atoms with van der Waals surface area (Å²) in [4.78, 5) is 4.08. The van der Waals surface area contributed by atoms with Gasteiger partial charge in [-0.3, -0.25) is 0 Å². The molecule has 0 aliphatic rings. The van der Waals surface area contributed by atoms with Crippen molar-refractivity contribution in [1.29, 1.82) is 0 Å². The third-order valence-corrected chi connectivity index (χ3v) is 5.17. The molecule has 0 N–H and O–H groups in total. The minimum absolute atomic E-state index is 0. The van der Waals surface area contributed by atoms with Crippen LogP contribution in [0.15, 0.2) is 106 Å². The maximum atomic E-state index is 4.25. The van der Waals surface area contributed by atoms with Crippen molar-refractivity contribution >= 4 is 10.9 Å². The van der Waals surface area contributed by atoms with Crippen molar-refractivity contribution < 1.29 is 4.74 Å². The van der Waals surface area contributed by atoms with Crippen LogP contribution in [0.4, 0.5) is 0 Å². The first-order valence-corrected chi connectivity index (χ1v) is 8.39. The summed E-state index contributed by atoms with van der Waals surface area (Å²) in [6.45, 7) is 0. The molecule has 1 nitrogen and oxygen atoms in total. The van der Waals surface area contributed by atoms with E-state index >= 15 is 0 Å². The Labute approximate surface area is 150 Å². The Bertz CT molecular complexity index is 545. The molecule has 0 saturated carbocycles. The molecule has 0 spiro atoms. The molecule has 0 aliphatic carbocycles. The SMILES string of the molecule is C.C.COC.c1ccc([S+](c2ccccc2)c2ccccc2)cc1. The maximum absolute atomic E-state index is 4.25. The van der Waals surface area contributed by atoms with Crippen LogP contribution >= 0.6 is 0 Å². The third kappa shape index (κ3) is 6.23. The molecule has 0 heterocycles. The van der Waals surface area contributed by atoms with E-state index < -0.39 is 0 Å². The zero-order valence-corrected chi connectivity index (χ0v) is 13.8. The molecule has 0 saturated heterocycles. The summed E-state index contributed by atoms with van der Waals surface area (Å²) in [6.07, 6.45) is 0. The van der Waals surface area contributed by atoms with Crippen LogP contribution in [-0.4, -0.2) is 14.2 Å². The predicted octanol–water partition coefficient (Wildman–Crippen LogP) is 6.32. The Hall–Kier alpha value is -2.03. The average molecular weight is 342 g/mol. The van der Waals surface area contributed by atoms with E-state index in [0.29, 0.717) is 0 Å². The van der Waals surface area contributed by atoms with Gasteiger partial charge in [-0.15, -0.1) is 0 Å². The maximum Gasteiger partial charge on any atom is 0.166 e. The Kier molecular flexibility index (Phi) is 11.4. The summed E-state index contributed by atoms with van der Waals surface area (Å²) in [5.41, 5.74) is 0. The van der Waals surface area contributed by atoms with Crippen molar-refractivity contribution in [3.05, 3.63) is 91.0 Å². The highest BCUT2D eigenvalue weighted by molar-refractivity contribution is 7.97. The van der Waals surface area contributed by atoms with Gasteiger partial charge in [0, 0.05) is 14.2 Å². The molecular weight excluding hydrogens is 312 g/mol. The minimum atomic E-state index is -0.0146. The molecular formula is C22H29OS+. The molecule has 0 aliphatic heterocycles. The summed E-state index contributed by atoms with van der Waals surface area (Å²) in [7, 11) is 3.24. The van der Waals surface area contributed by atoms with Gasteiger partial charge >= 0.3 is 0 Å². The standard InChI is InChI=1S/C18H15S.C2H6O.2CH4/c1-4-10-16(11-5-1)19(17-12-6-2-7-13-17)18-14-8-3-9-15-18;1-3-2;;/h1-15H;1-2H3;2*1H4/q+1;;;. The fourth-order valence-electron chi connectivity index (χ4n) is 2.08. The van der Waals surface area contributed by atoms with Gasteiger partial charge in [0.25, 0.3) is 0 Å². The van der Waals surface area contributed by atoms with Crippen molar-refractivity contribution in [3.8, 4) is 0 Å². The summed E-state index contributed by atoms with van der Waals surface area (Å²) >= 11 is 0. The van der Waals surface area contributed by atoms with Gasteiger partial charge in [0.2, 0.25) is 0 Å². The molecule has 0 atom stereocenters. The molecule has 3 aromatic rings. The molecule has 0 amide bonds. The summed E-state index contributed by atoms with van der Waals surface area (Å²) in [5, 5.41) is 0. The smallest absolute Gasteiger partial charge is 0.166 e. The zero-order valence-electron chi connectivity index (χ0n) is 13.0. The highest BCUT2D eigenvalue weighted by atomic mass is 32.2. The lowest BCUT2D eigenvalue weighted by Gasteiger charge is -2.07. The normalized spacial score (nSPS) is 9.12. The fourth-order valence-corrected chi connectivity index (χ4v) is 4.18. The van der Waals surface area contributed by atoms with Gasteiger partial charge in [-0.1, -0.05) is 69.5 Å². The third-order valence-electron chi connectivity index (χ3n) is 2.94. The molecule has 0 radical (unpaired) electrons. The molecule has 0 fully saturated rings. The van der Waals surface area contributed by atoms with Crippen LogP contribution in [0.5, 0.6) is 0 Å². The predicted molar refractivity (Wildman–Crippen MR) is 108 cm³/mol. The highest BCUT2D eigenvalue weighted by Gasteiger charge is 2.27. The molecule has 0 unspecified atom stereocenters. The van der Waals surface area contributed by atoms with Gasteiger partial charge in [0.05, 0.1) is 10.9 Å². The quantitative estimate of drug-likeness (QED) is 0.507. The second-order valence-electron chi connectivity index (χ2n) is 4.65. The van der Waals surface area contributed by atoms with Crippen LogP contribution in [0.2, 0.25) is 0 Å². The molecule has 0 aromatic heterocycles.